The molecule has 0 heterocycles. The predicted octanol–water partition coefficient (Wildman–Crippen LogP) is 3.41. The Bertz CT molecular complexity index is 1060. The molecule has 0 saturated carbocycles. The Balaban J connectivity index is 1.64. The topological polar surface area (TPSA) is 78.5 Å². The molecule has 3 aromatic carbocycles. The van der Waals surface area contributed by atoms with Crippen LogP contribution in [0.15, 0.2) is 71.6 Å². The van der Waals surface area contributed by atoms with Crippen LogP contribution in [0.4, 0.5) is 10.5 Å². The molecule has 6 nitrogen and oxygen atoms in total. The number of rotatable bonds is 5. The average molecular weight is 383 g/mol. The summed E-state index contributed by atoms with van der Waals surface area (Å²) in [4.78, 5) is 12.4. The fourth-order valence-corrected chi connectivity index (χ4v) is 3.58. The second-order valence-corrected chi connectivity index (χ2v) is 8.42. The van der Waals surface area contributed by atoms with Crippen LogP contribution in [-0.4, -0.2) is 32.8 Å². The first-order valence-electron chi connectivity index (χ1n) is 8.42. The molecule has 0 unspecified atom stereocenters. The number of sulfonamides is 1. The van der Waals surface area contributed by atoms with Crippen molar-refractivity contribution >= 4 is 32.5 Å². The lowest BCUT2D eigenvalue weighted by Crippen LogP contribution is -2.28. The monoisotopic (exact) mass is 383 g/mol. The van der Waals surface area contributed by atoms with Gasteiger partial charge < -0.3 is 10.6 Å². The molecule has 0 saturated heterocycles. The molecule has 0 aliphatic heterocycles. The van der Waals surface area contributed by atoms with Crippen molar-refractivity contribution in [1.29, 1.82) is 0 Å². The molecule has 0 fully saturated rings. The van der Waals surface area contributed by atoms with Gasteiger partial charge >= 0.3 is 6.03 Å². The molecule has 0 bridgehead atoms. The summed E-state index contributed by atoms with van der Waals surface area (Å²) in [6.07, 6.45) is 0. The van der Waals surface area contributed by atoms with Gasteiger partial charge in [0.15, 0.2) is 0 Å². The highest BCUT2D eigenvalue weighted by atomic mass is 32.2. The standard InChI is InChI=1S/C20H21N3O3S/c1-23(2)27(25,26)17-12-10-15(11-13-17)14-21-20(24)22-19-9-5-7-16-6-3-4-8-18(16)19/h3-13H,14H2,1-2H3,(H2,21,22,24). The van der Waals surface area contributed by atoms with Crippen molar-refractivity contribution in [3.8, 4) is 0 Å². The summed E-state index contributed by atoms with van der Waals surface area (Å²) in [5, 5.41) is 7.65. The number of hydrogen-bond acceptors (Lipinski definition) is 3. The first-order valence-corrected chi connectivity index (χ1v) is 9.86. The van der Waals surface area contributed by atoms with Crippen molar-refractivity contribution in [3.63, 3.8) is 0 Å². The molecule has 2 N–H and O–H groups in total. The number of nitrogens with zero attached hydrogens (tertiary/aromatic N) is 1. The van der Waals surface area contributed by atoms with Crippen LogP contribution >= 0.6 is 0 Å². The minimum absolute atomic E-state index is 0.219. The van der Waals surface area contributed by atoms with Crippen LogP contribution in [0, 0.1) is 0 Å². The maximum Gasteiger partial charge on any atom is 0.319 e. The van der Waals surface area contributed by atoms with E-state index in [4.69, 9.17) is 0 Å². The molecular formula is C20H21N3O3S. The lowest BCUT2D eigenvalue weighted by molar-refractivity contribution is 0.252. The van der Waals surface area contributed by atoms with Crippen LogP contribution in [0.5, 0.6) is 0 Å². The minimum Gasteiger partial charge on any atom is -0.334 e. The molecule has 0 radical (unpaired) electrons. The van der Waals surface area contributed by atoms with Crippen LogP contribution in [-0.2, 0) is 16.6 Å². The number of urea groups is 1. The van der Waals surface area contributed by atoms with Gasteiger partial charge in [-0.2, -0.15) is 0 Å². The van der Waals surface area contributed by atoms with E-state index in [0.717, 1.165) is 26.3 Å². The van der Waals surface area contributed by atoms with Crippen molar-refractivity contribution in [2.24, 2.45) is 0 Å². The Morgan fingerprint density at radius 1 is 0.926 bits per heavy atom. The van der Waals surface area contributed by atoms with Crippen molar-refractivity contribution in [3.05, 3.63) is 72.3 Å². The largest absolute Gasteiger partial charge is 0.334 e. The second kappa shape index (κ2) is 7.77. The van der Waals surface area contributed by atoms with Gasteiger partial charge in [0.1, 0.15) is 0 Å². The molecule has 0 aromatic heterocycles. The van der Waals surface area contributed by atoms with E-state index in [1.165, 1.54) is 26.2 Å². The minimum atomic E-state index is -3.45. The normalized spacial score (nSPS) is 11.5. The molecule has 0 spiro atoms. The van der Waals surface area contributed by atoms with Gasteiger partial charge in [0.05, 0.1) is 10.6 Å². The summed E-state index contributed by atoms with van der Waals surface area (Å²) in [5.41, 5.74) is 1.54. The van der Waals surface area contributed by atoms with Gasteiger partial charge in [0, 0.05) is 26.0 Å². The highest BCUT2D eigenvalue weighted by Crippen LogP contribution is 2.22. The smallest absolute Gasteiger partial charge is 0.319 e. The van der Waals surface area contributed by atoms with E-state index in [1.807, 2.05) is 42.5 Å². The lowest BCUT2D eigenvalue weighted by atomic mass is 10.1. The number of anilines is 1. The molecule has 0 aliphatic carbocycles. The Labute approximate surface area is 158 Å². The lowest BCUT2D eigenvalue weighted by Gasteiger charge is -2.12. The van der Waals surface area contributed by atoms with Crippen molar-refractivity contribution in [1.82, 2.24) is 9.62 Å². The molecule has 3 aromatic rings. The predicted molar refractivity (Wildman–Crippen MR) is 107 cm³/mol. The third-order valence-corrected chi connectivity index (χ3v) is 6.02. The van der Waals surface area contributed by atoms with Crippen molar-refractivity contribution < 1.29 is 13.2 Å². The Hall–Kier alpha value is -2.90. The fraction of sp³-hybridized carbons (Fsp3) is 0.150. The van der Waals surface area contributed by atoms with E-state index in [9.17, 15) is 13.2 Å². The van der Waals surface area contributed by atoms with Gasteiger partial charge in [0.2, 0.25) is 10.0 Å². The third kappa shape index (κ3) is 4.27. The van der Waals surface area contributed by atoms with E-state index in [-0.39, 0.29) is 10.9 Å². The van der Waals surface area contributed by atoms with Gasteiger partial charge in [-0.25, -0.2) is 17.5 Å². The van der Waals surface area contributed by atoms with E-state index in [0.29, 0.717) is 6.54 Å². The van der Waals surface area contributed by atoms with E-state index < -0.39 is 10.0 Å². The maximum absolute atomic E-state index is 12.2. The number of amides is 2. The number of carbonyl (C=O) groups excluding carboxylic acids is 1. The quantitative estimate of drug-likeness (QED) is 0.709. The van der Waals surface area contributed by atoms with Crippen LogP contribution in [0.25, 0.3) is 10.8 Å². The summed E-state index contributed by atoms with van der Waals surface area (Å²) in [7, 11) is -0.476. The van der Waals surface area contributed by atoms with Crippen molar-refractivity contribution in [2.75, 3.05) is 19.4 Å². The van der Waals surface area contributed by atoms with Crippen LogP contribution < -0.4 is 10.6 Å². The number of hydrogen-bond donors (Lipinski definition) is 2. The fourth-order valence-electron chi connectivity index (χ4n) is 2.67. The Morgan fingerprint density at radius 2 is 1.59 bits per heavy atom. The summed E-state index contributed by atoms with van der Waals surface area (Å²) in [5.74, 6) is 0. The SMILES string of the molecule is CN(C)S(=O)(=O)c1ccc(CNC(=O)Nc2cccc3ccccc23)cc1. The molecule has 140 valence electrons. The van der Waals surface area contributed by atoms with Gasteiger partial charge in [-0.15, -0.1) is 0 Å². The molecule has 7 heteroatoms. The zero-order valence-electron chi connectivity index (χ0n) is 15.1. The summed E-state index contributed by atoms with van der Waals surface area (Å²) < 4.78 is 25.3. The summed E-state index contributed by atoms with van der Waals surface area (Å²) in [6, 6.07) is 19.7. The van der Waals surface area contributed by atoms with Gasteiger partial charge in [-0.05, 0) is 29.1 Å². The molecule has 2 amide bonds. The molecule has 0 aliphatic rings. The number of fused-ring (bicyclic) bond motifs is 1. The van der Waals surface area contributed by atoms with E-state index >= 15 is 0 Å². The first-order chi connectivity index (χ1) is 12.9. The van der Waals surface area contributed by atoms with Crippen molar-refractivity contribution in [2.45, 2.75) is 11.4 Å². The van der Waals surface area contributed by atoms with Crippen LogP contribution in [0.3, 0.4) is 0 Å². The first kappa shape index (κ1) is 18.9. The molecular weight excluding hydrogens is 362 g/mol. The maximum atomic E-state index is 12.2. The van der Waals surface area contributed by atoms with Gasteiger partial charge in [-0.3, -0.25) is 0 Å². The summed E-state index contributed by atoms with van der Waals surface area (Å²) >= 11 is 0. The molecule has 3 rings (SSSR count). The van der Waals surface area contributed by atoms with Gasteiger partial charge in [0.25, 0.3) is 0 Å². The number of carbonyl (C=O) groups is 1. The van der Waals surface area contributed by atoms with E-state index in [2.05, 4.69) is 10.6 Å². The third-order valence-electron chi connectivity index (χ3n) is 4.19. The highest BCUT2D eigenvalue weighted by Gasteiger charge is 2.16. The number of benzene rings is 3. The van der Waals surface area contributed by atoms with E-state index in [1.54, 1.807) is 12.1 Å². The zero-order chi connectivity index (χ0) is 19.4. The number of nitrogens with one attached hydrogen (secondary N) is 2. The molecule has 27 heavy (non-hydrogen) atoms. The average Bonchev–Trinajstić information content (AvgIpc) is 2.67. The Kier molecular flexibility index (Phi) is 5.43. The van der Waals surface area contributed by atoms with Crippen LogP contribution in [0.2, 0.25) is 0 Å². The Morgan fingerprint density at radius 3 is 2.30 bits per heavy atom. The second-order valence-electron chi connectivity index (χ2n) is 6.27. The van der Waals surface area contributed by atoms with Gasteiger partial charge in [-0.1, -0.05) is 48.5 Å². The highest BCUT2D eigenvalue weighted by molar-refractivity contribution is 7.89. The molecule has 0 atom stereocenters. The summed E-state index contributed by atoms with van der Waals surface area (Å²) in [6.45, 7) is 0.291. The zero-order valence-corrected chi connectivity index (χ0v) is 16.0. The van der Waals surface area contributed by atoms with Crippen LogP contribution in [0.1, 0.15) is 5.56 Å².